The topological polar surface area (TPSA) is 47.6 Å². The Labute approximate surface area is 260 Å². The fourth-order valence-corrected chi connectivity index (χ4v) is 8.45. The van der Waals surface area contributed by atoms with E-state index in [1.165, 1.54) is 44.6 Å². The molecule has 7 aliphatic carbocycles. The maximum atomic E-state index is 9.44. The summed E-state index contributed by atoms with van der Waals surface area (Å²) in [6.45, 7) is 0. The van der Waals surface area contributed by atoms with E-state index in [2.05, 4.69) is 115 Å². The van der Waals surface area contributed by atoms with Crippen molar-refractivity contribution in [1.82, 2.24) is 0 Å². The highest BCUT2D eigenvalue weighted by Crippen LogP contribution is 2.61. The summed E-state index contributed by atoms with van der Waals surface area (Å²) in [4.78, 5) is 0. The molecule has 0 bridgehead atoms. The minimum Gasteiger partial charge on any atom is -0.312 e. The van der Waals surface area contributed by atoms with Gasteiger partial charge in [0.25, 0.3) is 0 Å². The molecule has 0 aromatic heterocycles. The maximum Gasteiger partial charge on any atom is 0.0701 e. The van der Waals surface area contributed by atoms with E-state index < -0.39 is 0 Å². The fraction of sp³-hybridized carbons (Fsp3) is 0.238. The van der Waals surface area contributed by atoms with Crippen LogP contribution in [0.1, 0.15) is 36.8 Å². The molecule has 2 nitrogen and oxygen atoms in total. The van der Waals surface area contributed by atoms with Crippen molar-refractivity contribution in [3.05, 3.63) is 166 Å². The van der Waals surface area contributed by atoms with Gasteiger partial charge in [0.1, 0.15) is 0 Å². The van der Waals surface area contributed by atoms with E-state index in [0.717, 1.165) is 25.7 Å². The predicted octanol–water partition coefficient (Wildman–Crippen LogP) is 9.76. The smallest absolute Gasteiger partial charge is 0.0701 e. The highest BCUT2D eigenvalue weighted by Gasteiger charge is 2.50. The van der Waals surface area contributed by atoms with Crippen LogP contribution in [0.25, 0.3) is 11.1 Å². The van der Waals surface area contributed by atoms with Crippen molar-refractivity contribution in [2.45, 2.75) is 25.7 Å². The third-order valence-corrected chi connectivity index (χ3v) is 10.6. The van der Waals surface area contributed by atoms with Crippen LogP contribution in [0.5, 0.6) is 0 Å². The first-order chi connectivity index (χ1) is 21.7. The Morgan fingerprint density at radius 2 is 1.23 bits per heavy atom. The van der Waals surface area contributed by atoms with E-state index in [1.807, 2.05) is 12.2 Å². The summed E-state index contributed by atoms with van der Waals surface area (Å²) in [5.41, 5.74) is 14.0. The predicted molar refractivity (Wildman–Crippen MR) is 181 cm³/mol. The van der Waals surface area contributed by atoms with Gasteiger partial charge in [0.05, 0.1) is 12.0 Å². The lowest BCUT2D eigenvalue weighted by molar-refractivity contribution is 0.605. The van der Waals surface area contributed by atoms with Crippen molar-refractivity contribution in [1.29, 1.82) is 10.7 Å². The van der Waals surface area contributed by atoms with Gasteiger partial charge in [-0.05, 0) is 70.2 Å². The standard InChI is InChI=1S/C42H36N2/c43-25-27-5-1-9-34(23-27)29-13-17-31(18-14-29)36-21-22-37(32-19-15-30(16-20-32)35-10-2-6-28(24-35)26-44)42-39-12-4-8-33-7-3-11-38(40(33)39)41(36)42/h1-15,17-19,21-22,26-28,33,40-42,44H,16,20,23-24H2. The summed E-state index contributed by atoms with van der Waals surface area (Å²) in [6, 6.07) is 11.5. The minimum absolute atomic E-state index is 0.0436. The number of allylic oxidation sites excluding steroid dienone is 24. The molecule has 0 aliphatic heterocycles. The average molecular weight is 569 g/mol. The molecular weight excluding hydrogens is 532 g/mol. The lowest BCUT2D eigenvalue weighted by Gasteiger charge is -2.33. The van der Waals surface area contributed by atoms with Crippen LogP contribution < -0.4 is 0 Å². The average Bonchev–Trinajstić information content (AvgIpc) is 3.44. The summed E-state index contributed by atoms with van der Waals surface area (Å²) >= 11 is 0. The molecule has 214 valence electrons. The van der Waals surface area contributed by atoms with E-state index >= 15 is 0 Å². The van der Waals surface area contributed by atoms with Gasteiger partial charge >= 0.3 is 0 Å². The molecule has 7 aliphatic rings. The molecular formula is C42H36N2. The first-order valence-electron chi connectivity index (χ1n) is 16.1. The zero-order chi connectivity index (χ0) is 29.6. The Balaban J connectivity index is 1.17. The van der Waals surface area contributed by atoms with Crippen LogP contribution in [0.4, 0.5) is 0 Å². The van der Waals surface area contributed by atoms with E-state index in [0.29, 0.717) is 23.7 Å². The van der Waals surface area contributed by atoms with Gasteiger partial charge in [0.2, 0.25) is 0 Å². The number of fused-ring (bicyclic) bond motifs is 3. The number of nitrogens with one attached hydrogen (secondary N) is 1. The molecule has 6 unspecified atom stereocenters. The van der Waals surface area contributed by atoms with Gasteiger partial charge in [-0.15, -0.1) is 0 Å². The Morgan fingerprint density at radius 1 is 0.591 bits per heavy atom. The van der Waals surface area contributed by atoms with Crippen molar-refractivity contribution in [3.8, 4) is 6.07 Å². The molecule has 44 heavy (non-hydrogen) atoms. The van der Waals surface area contributed by atoms with E-state index in [4.69, 9.17) is 5.41 Å². The summed E-state index contributed by atoms with van der Waals surface area (Å²) < 4.78 is 0. The summed E-state index contributed by atoms with van der Waals surface area (Å²) in [6.07, 6.45) is 41.7. The second-order valence-electron chi connectivity index (χ2n) is 12.9. The van der Waals surface area contributed by atoms with Crippen molar-refractivity contribution in [2.75, 3.05) is 0 Å². The molecule has 1 N–H and O–H groups in total. The third-order valence-electron chi connectivity index (χ3n) is 10.6. The van der Waals surface area contributed by atoms with E-state index in [1.54, 1.807) is 17.4 Å². The Hall–Kier alpha value is -4.74. The van der Waals surface area contributed by atoms with Crippen LogP contribution in [-0.2, 0) is 0 Å². The molecule has 1 saturated carbocycles. The number of benzene rings is 1. The highest BCUT2D eigenvalue weighted by atomic mass is 14.5. The third kappa shape index (κ3) is 4.51. The lowest BCUT2D eigenvalue weighted by Crippen LogP contribution is -2.20. The molecule has 1 fully saturated rings. The fourth-order valence-electron chi connectivity index (χ4n) is 8.45. The summed E-state index contributed by atoms with van der Waals surface area (Å²) in [7, 11) is 0. The molecule has 8 rings (SSSR count). The van der Waals surface area contributed by atoms with E-state index in [-0.39, 0.29) is 11.8 Å². The van der Waals surface area contributed by atoms with Gasteiger partial charge < -0.3 is 5.41 Å². The van der Waals surface area contributed by atoms with Crippen LogP contribution in [0.15, 0.2) is 155 Å². The Kier molecular flexibility index (Phi) is 6.76. The lowest BCUT2D eigenvalue weighted by atomic mass is 9.71. The van der Waals surface area contributed by atoms with Crippen LogP contribution in [0.3, 0.4) is 0 Å². The van der Waals surface area contributed by atoms with Crippen LogP contribution in [0, 0.1) is 52.2 Å². The van der Waals surface area contributed by atoms with Gasteiger partial charge in [0, 0.05) is 35.8 Å². The largest absolute Gasteiger partial charge is 0.312 e. The molecule has 2 heteroatoms. The Morgan fingerprint density at radius 3 is 1.95 bits per heavy atom. The SMILES string of the molecule is N#CC1C=CC=C(c2ccc(C3=CC=C(C4=CC=C(C5=CC=CC(C=N)C5)CC4)C4C5=CC=CC6C=CC=C(C56)C34)cc2)C1. The van der Waals surface area contributed by atoms with Crippen molar-refractivity contribution in [2.24, 2.45) is 35.5 Å². The molecule has 0 radical (unpaired) electrons. The quantitative estimate of drug-likeness (QED) is 0.353. The second kappa shape index (κ2) is 11.1. The molecule has 0 saturated heterocycles. The van der Waals surface area contributed by atoms with Gasteiger partial charge in [-0.2, -0.15) is 5.26 Å². The van der Waals surface area contributed by atoms with Crippen molar-refractivity contribution in [3.63, 3.8) is 0 Å². The molecule has 1 aromatic rings. The molecule has 0 amide bonds. The number of rotatable bonds is 5. The van der Waals surface area contributed by atoms with Gasteiger partial charge in [0.15, 0.2) is 0 Å². The first kappa shape index (κ1) is 26.9. The zero-order valence-corrected chi connectivity index (χ0v) is 24.9. The molecule has 0 spiro atoms. The van der Waals surface area contributed by atoms with Crippen molar-refractivity contribution >= 4 is 17.4 Å². The highest BCUT2D eigenvalue weighted by molar-refractivity contribution is 5.80. The Bertz CT molecular complexity index is 1840. The van der Waals surface area contributed by atoms with Crippen LogP contribution in [-0.4, -0.2) is 6.21 Å². The van der Waals surface area contributed by atoms with Crippen LogP contribution >= 0.6 is 0 Å². The second-order valence-corrected chi connectivity index (χ2v) is 12.9. The van der Waals surface area contributed by atoms with Gasteiger partial charge in [-0.25, -0.2) is 0 Å². The van der Waals surface area contributed by atoms with Crippen LogP contribution in [0.2, 0.25) is 0 Å². The maximum absolute atomic E-state index is 9.44. The van der Waals surface area contributed by atoms with Gasteiger partial charge in [-0.1, -0.05) is 133 Å². The normalized spacial score (nSPS) is 31.2. The number of hydrogen-bond acceptors (Lipinski definition) is 2. The minimum atomic E-state index is -0.0436. The molecule has 6 atom stereocenters. The number of hydrogen-bond donors (Lipinski definition) is 1. The molecule has 0 heterocycles. The summed E-state index contributed by atoms with van der Waals surface area (Å²) in [5, 5.41) is 17.2. The van der Waals surface area contributed by atoms with Crippen molar-refractivity contribution < 1.29 is 0 Å². The number of nitriles is 1. The summed E-state index contributed by atoms with van der Waals surface area (Å²) in [5.74, 6) is 1.73. The van der Waals surface area contributed by atoms with E-state index in [9.17, 15) is 5.26 Å². The zero-order valence-electron chi connectivity index (χ0n) is 24.9. The molecule has 1 aromatic carbocycles. The first-order valence-corrected chi connectivity index (χ1v) is 16.1. The van der Waals surface area contributed by atoms with Gasteiger partial charge in [-0.3, -0.25) is 0 Å². The monoisotopic (exact) mass is 568 g/mol. The number of nitrogens with zero attached hydrogens (tertiary/aromatic N) is 1.